The Hall–Kier alpha value is -8.55. The van der Waals surface area contributed by atoms with Crippen molar-refractivity contribution >= 4 is 36.1 Å². The van der Waals surface area contributed by atoms with Gasteiger partial charge in [-0.25, -0.2) is 42.5 Å². The zero-order chi connectivity index (χ0) is 48.3. The van der Waals surface area contributed by atoms with E-state index in [2.05, 4.69) is 14.2 Å². The van der Waals surface area contributed by atoms with E-state index in [0.717, 1.165) is 21.3 Å². The van der Waals surface area contributed by atoms with Gasteiger partial charge in [0.15, 0.2) is 0 Å². The third kappa shape index (κ3) is 14.0. The molecule has 0 saturated carbocycles. The maximum absolute atomic E-state index is 13.7. The van der Waals surface area contributed by atoms with Crippen molar-refractivity contribution in [3.8, 4) is 35.5 Å². The van der Waals surface area contributed by atoms with Crippen molar-refractivity contribution in [2.24, 2.45) is 0 Å². The van der Waals surface area contributed by atoms with Gasteiger partial charge in [-0.3, -0.25) is 0 Å². The van der Waals surface area contributed by atoms with Crippen LogP contribution >= 0.6 is 0 Å². The van der Waals surface area contributed by atoms with Crippen LogP contribution in [0.1, 0.15) is 16.7 Å². The van der Waals surface area contributed by atoms with E-state index in [1.165, 1.54) is 91.0 Å². The number of methoxy groups -OCH3 is 3. The van der Waals surface area contributed by atoms with E-state index in [1.807, 2.05) is 0 Å². The highest BCUT2D eigenvalue weighted by atomic mass is 16.5. The number of benzene rings is 3. The molecule has 21 heteroatoms. The molecule has 0 aliphatic heterocycles. The molecule has 4 rings (SSSR count). The molecule has 0 fully saturated rings. The predicted octanol–water partition coefficient (Wildman–Crippen LogP) is 0.731. The summed E-state index contributed by atoms with van der Waals surface area (Å²) in [5.74, 6) is -1.81. The highest BCUT2D eigenvalue weighted by molar-refractivity contribution is 5.99. The molecular formula is C45H42N6O15. The van der Waals surface area contributed by atoms with Gasteiger partial charge < -0.3 is 43.7 Å². The fraction of sp³-hybridized carbons (Fsp3) is 0.267. The fourth-order valence-electron chi connectivity index (χ4n) is 5.74. The lowest BCUT2D eigenvalue weighted by molar-refractivity contribution is -0.136. The van der Waals surface area contributed by atoms with Crippen molar-refractivity contribution in [1.82, 2.24) is 13.7 Å². The smallest absolute Gasteiger partial charge is 0.348 e. The Balaban J connectivity index is 1.54. The van der Waals surface area contributed by atoms with Gasteiger partial charge in [0.2, 0.25) is 0 Å². The first-order valence-corrected chi connectivity index (χ1v) is 19.4. The third-order valence-corrected chi connectivity index (χ3v) is 9.04. The number of esters is 3. The van der Waals surface area contributed by atoms with Crippen molar-refractivity contribution in [3.63, 3.8) is 0 Å². The van der Waals surface area contributed by atoms with E-state index in [-0.39, 0.29) is 34.0 Å². The number of hydrogen-bond donors (Lipinski definition) is 3. The number of aromatic nitrogens is 3. The molecule has 0 bridgehead atoms. The van der Waals surface area contributed by atoms with Crippen molar-refractivity contribution in [2.45, 2.75) is 37.9 Å². The number of nitrogens with zero attached hydrogens (tertiary/aromatic N) is 6. The molecule has 3 N–H and O–H groups in total. The Morgan fingerprint density at radius 3 is 0.909 bits per heavy atom. The lowest BCUT2D eigenvalue weighted by Gasteiger charge is -2.20. The number of rotatable bonds is 21. The maximum Gasteiger partial charge on any atom is 0.348 e. The predicted molar refractivity (Wildman–Crippen MR) is 230 cm³/mol. The molecule has 0 aliphatic carbocycles. The van der Waals surface area contributed by atoms with Crippen LogP contribution in [0.25, 0.3) is 18.2 Å². The van der Waals surface area contributed by atoms with Gasteiger partial charge in [0.25, 0.3) is 0 Å². The Morgan fingerprint density at radius 1 is 0.485 bits per heavy atom. The summed E-state index contributed by atoms with van der Waals surface area (Å²) in [7, 11) is 3.40. The standard InChI is InChI=1S/C45H42N6O15/c1-61-40(55)31(19-46)16-28-4-10-37(11-5-28)64-25-34(52)22-49-43(58)50(23-35(53)26-65-38-12-6-29(7-13-38)17-32(20-47)41(56)62-2)45(60)51(44(49)59)24-36(54)27-66-39-14-8-30(9-15-39)18-33(21-48)42(57)63-3/h4-18,34-36,52-54H,22-27H2,1-3H3/b31-16-,32-17-,33-18+. The minimum atomic E-state index is -1.54. The second kappa shape index (κ2) is 24.3. The Labute approximate surface area is 375 Å². The van der Waals surface area contributed by atoms with Gasteiger partial charge in [-0.2, -0.15) is 15.8 Å². The van der Waals surface area contributed by atoms with Crippen molar-refractivity contribution in [2.75, 3.05) is 41.2 Å². The molecule has 342 valence electrons. The molecule has 21 nitrogen and oxygen atoms in total. The third-order valence-electron chi connectivity index (χ3n) is 9.04. The van der Waals surface area contributed by atoms with Crippen LogP contribution in [-0.4, -0.2) is 106 Å². The van der Waals surface area contributed by atoms with Gasteiger partial charge in [0.1, 0.15) is 90.3 Å². The van der Waals surface area contributed by atoms with E-state index in [0.29, 0.717) is 30.4 Å². The van der Waals surface area contributed by atoms with E-state index in [4.69, 9.17) is 14.2 Å². The molecule has 0 radical (unpaired) electrons. The van der Waals surface area contributed by atoms with Crippen LogP contribution in [0.4, 0.5) is 0 Å². The van der Waals surface area contributed by atoms with Crippen molar-refractivity contribution in [3.05, 3.63) is 138 Å². The molecular weight excluding hydrogens is 865 g/mol. The molecule has 1 aromatic heterocycles. The van der Waals surface area contributed by atoms with Gasteiger partial charge >= 0.3 is 35.0 Å². The molecule has 0 spiro atoms. The average molecular weight is 907 g/mol. The summed E-state index contributed by atoms with van der Waals surface area (Å²) in [6, 6.07) is 23.1. The number of aliphatic hydroxyl groups excluding tert-OH is 3. The number of nitriles is 3. The van der Waals surface area contributed by atoms with Crippen LogP contribution in [0.15, 0.2) is 104 Å². The number of hydrogen-bond acceptors (Lipinski definition) is 18. The number of carbonyl (C=O) groups excluding carboxylic acids is 3. The van der Waals surface area contributed by atoms with Crippen molar-refractivity contribution in [1.29, 1.82) is 15.8 Å². The first-order valence-electron chi connectivity index (χ1n) is 19.4. The Kier molecular flexibility index (Phi) is 18.5. The number of aliphatic hydroxyl groups is 3. The topological polar surface area (TPSA) is 305 Å². The molecule has 66 heavy (non-hydrogen) atoms. The summed E-state index contributed by atoms with van der Waals surface area (Å²) < 4.78 is 32.2. The van der Waals surface area contributed by atoms with E-state index >= 15 is 0 Å². The Bertz CT molecular complexity index is 2450. The summed E-state index contributed by atoms with van der Waals surface area (Å²) in [5, 5.41) is 60.5. The van der Waals surface area contributed by atoms with E-state index in [9.17, 15) is 59.9 Å². The van der Waals surface area contributed by atoms with Crippen LogP contribution in [-0.2, 0) is 48.2 Å². The summed E-state index contributed by atoms with van der Waals surface area (Å²) in [5.41, 5.74) is -3.02. The highest BCUT2D eigenvalue weighted by Crippen LogP contribution is 2.18. The largest absolute Gasteiger partial charge is 0.491 e. The summed E-state index contributed by atoms with van der Waals surface area (Å²) in [6.45, 7) is -3.54. The molecule has 0 aliphatic rings. The van der Waals surface area contributed by atoms with Gasteiger partial charge in [0.05, 0.1) is 41.0 Å². The second-order valence-corrected chi connectivity index (χ2v) is 13.8. The lowest BCUT2D eigenvalue weighted by Crippen LogP contribution is -2.57. The molecule has 0 saturated heterocycles. The number of carbonyl (C=O) groups is 3. The first kappa shape index (κ1) is 50.1. The zero-order valence-electron chi connectivity index (χ0n) is 35.6. The van der Waals surface area contributed by atoms with Gasteiger partial charge in [-0.15, -0.1) is 0 Å². The minimum absolute atomic E-state index is 0.224. The highest BCUT2D eigenvalue weighted by Gasteiger charge is 2.23. The van der Waals surface area contributed by atoms with Crippen LogP contribution in [0.2, 0.25) is 0 Å². The van der Waals surface area contributed by atoms with E-state index in [1.54, 1.807) is 18.2 Å². The molecule has 3 unspecified atom stereocenters. The van der Waals surface area contributed by atoms with Crippen molar-refractivity contribution < 1.29 is 58.1 Å². The fourth-order valence-corrected chi connectivity index (χ4v) is 5.74. The SMILES string of the molecule is COC(=O)/C(C#N)=C\c1ccc(OCC(O)Cn2c(=O)n(CC(O)COc3ccc(/C=C(/C#N)C(=O)OC)cc3)c(=O)n(CC(O)COc3ccc(/C=C(\C#N)C(=O)OC)cc3)c2=O)cc1. The maximum atomic E-state index is 13.7. The number of ether oxygens (including phenoxy) is 6. The summed E-state index contributed by atoms with van der Waals surface area (Å²) in [6.07, 6.45) is -0.737. The molecule has 3 atom stereocenters. The van der Waals surface area contributed by atoms with E-state index < -0.39 is 92.7 Å². The van der Waals surface area contributed by atoms with Crippen LogP contribution in [0, 0.1) is 34.0 Å². The van der Waals surface area contributed by atoms with Gasteiger partial charge in [0, 0.05) is 0 Å². The quantitative estimate of drug-likeness (QED) is 0.0449. The summed E-state index contributed by atoms with van der Waals surface area (Å²) in [4.78, 5) is 76.4. The normalized spacial score (nSPS) is 12.9. The molecule has 3 aromatic carbocycles. The second-order valence-electron chi connectivity index (χ2n) is 13.8. The molecule has 0 amide bonds. The Morgan fingerprint density at radius 2 is 0.712 bits per heavy atom. The van der Waals surface area contributed by atoms with Crippen LogP contribution < -0.4 is 31.3 Å². The molecule has 4 aromatic rings. The summed E-state index contributed by atoms with van der Waals surface area (Å²) >= 11 is 0. The van der Waals surface area contributed by atoms with Gasteiger partial charge in [-0.1, -0.05) is 36.4 Å². The lowest BCUT2D eigenvalue weighted by atomic mass is 10.1. The monoisotopic (exact) mass is 906 g/mol. The van der Waals surface area contributed by atoms with Gasteiger partial charge in [-0.05, 0) is 71.3 Å². The van der Waals surface area contributed by atoms with Crippen LogP contribution in [0.3, 0.4) is 0 Å². The first-order chi connectivity index (χ1) is 31.6. The zero-order valence-corrected chi connectivity index (χ0v) is 35.6. The average Bonchev–Trinajstić information content (AvgIpc) is 3.33. The minimum Gasteiger partial charge on any atom is -0.491 e. The molecule has 1 heterocycles. The van der Waals surface area contributed by atoms with Crippen LogP contribution in [0.5, 0.6) is 17.2 Å².